The van der Waals surface area contributed by atoms with Gasteiger partial charge in [0.25, 0.3) is 5.91 Å². The molecular formula is C24H29N3O4. The van der Waals surface area contributed by atoms with E-state index in [1.54, 1.807) is 41.2 Å². The first-order chi connectivity index (χ1) is 14.9. The maximum Gasteiger partial charge on any atom is 0.253 e. The van der Waals surface area contributed by atoms with Gasteiger partial charge in [0.05, 0.1) is 18.7 Å². The number of aryl methyl sites for hydroxylation is 1. The molecule has 0 bridgehead atoms. The fourth-order valence-electron chi connectivity index (χ4n) is 3.76. The third kappa shape index (κ3) is 4.87. The minimum absolute atomic E-state index is 0.0352. The zero-order valence-electron chi connectivity index (χ0n) is 18.5. The van der Waals surface area contributed by atoms with Crippen molar-refractivity contribution in [1.29, 1.82) is 0 Å². The Hall–Kier alpha value is -3.35. The lowest BCUT2D eigenvalue weighted by Crippen LogP contribution is -2.30. The van der Waals surface area contributed by atoms with E-state index in [0.29, 0.717) is 42.3 Å². The molecule has 1 N–H and O–H groups in total. The summed E-state index contributed by atoms with van der Waals surface area (Å²) in [5, 5.41) is 2.87. The van der Waals surface area contributed by atoms with Gasteiger partial charge < -0.3 is 19.9 Å². The SMILES string of the molecule is CCN(CC)C(=O)c1ccc(NC(=O)[C@H]2CC(=O)N(c3cc(C)ccc3OC)C2)cc1. The van der Waals surface area contributed by atoms with Gasteiger partial charge in [0.15, 0.2) is 0 Å². The second kappa shape index (κ2) is 9.64. The molecule has 0 saturated carbocycles. The molecule has 0 aromatic heterocycles. The van der Waals surface area contributed by atoms with Crippen molar-refractivity contribution in [2.75, 3.05) is 37.0 Å². The van der Waals surface area contributed by atoms with Crippen LogP contribution in [0.25, 0.3) is 0 Å². The largest absolute Gasteiger partial charge is 0.495 e. The minimum atomic E-state index is -0.463. The predicted octanol–water partition coefficient (Wildman–Crippen LogP) is 3.48. The Balaban J connectivity index is 1.67. The van der Waals surface area contributed by atoms with Crippen molar-refractivity contribution in [1.82, 2.24) is 4.90 Å². The maximum absolute atomic E-state index is 12.8. The number of carbonyl (C=O) groups is 3. The number of hydrogen-bond acceptors (Lipinski definition) is 4. The van der Waals surface area contributed by atoms with Crippen LogP contribution >= 0.6 is 0 Å². The first kappa shape index (κ1) is 22.3. The number of benzene rings is 2. The minimum Gasteiger partial charge on any atom is -0.495 e. The van der Waals surface area contributed by atoms with Crippen LogP contribution < -0.4 is 15.0 Å². The van der Waals surface area contributed by atoms with Gasteiger partial charge in [-0.15, -0.1) is 0 Å². The lowest BCUT2D eigenvalue weighted by molar-refractivity contribution is -0.122. The summed E-state index contributed by atoms with van der Waals surface area (Å²) in [6, 6.07) is 12.5. The number of ether oxygens (including phenoxy) is 1. The van der Waals surface area contributed by atoms with Crippen molar-refractivity contribution in [3.63, 3.8) is 0 Å². The van der Waals surface area contributed by atoms with Crippen LogP contribution in [-0.2, 0) is 9.59 Å². The zero-order valence-corrected chi connectivity index (χ0v) is 18.5. The molecule has 3 amide bonds. The van der Waals surface area contributed by atoms with Crippen LogP contribution in [0.3, 0.4) is 0 Å². The second-order valence-electron chi connectivity index (χ2n) is 7.62. The maximum atomic E-state index is 12.8. The first-order valence-electron chi connectivity index (χ1n) is 10.5. The van der Waals surface area contributed by atoms with Crippen molar-refractivity contribution in [2.24, 2.45) is 5.92 Å². The molecule has 0 radical (unpaired) electrons. The van der Waals surface area contributed by atoms with Crippen LogP contribution in [0, 0.1) is 12.8 Å². The van der Waals surface area contributed by atoms with Gasteiger partial charge in [0.2, 0.25) is 11.8 Å². The van der Waals surface area contributed by atoms with E-state index in [2.05, 4.69) is 5.32 Å². The molecule has 1 aliphatic heterocycles. The van der Waals surface area contributed by atoms with Gasteiger partial charge in [-0.3, -0.25) is 14.4 Å². The van der Waals surface area contributed by atoms with Crippen molar-refractivity contribution < 1.29 is 19.1 Å². The number of hydrogen-bond donors (Lipinski definition) is 1. The van der Waals surface area contributed by atoms with Crippen molar-refractivity contribution in [2.45, 2.75) is 27.2 Å². The van der Waals surface area contributed by atoms with Crippen LogP contribution in [0.4, 0.5) is 11.4 Å². The number of rotatable bonds is 7. The van der Waals surface area contributed by atoms with Crippen molar-refractivity contribution in [3.05, 3.63) is 53.6 Å². The topological polar surface area (TPSA) is 79.0 Å². The standard InChI is InChI=1S/C24H29N3O4/c1-5-26(6-2)24(30)17-8-10-19(11-9-17)25-23(29)18-14-22(28)27(15-18)20-13-16(3)7-12-21(20)31-4/h7-13,18H,5-6,14-15H2,1-4H3,(H,25,29)/t18-/m0/s1. The number of amides is 3. The smallest absolute Gasteiger partial charge is 0.253 e. The normalized spacial score (nSPS) is 15.7. The van der Waals surface area contributed by atoms with Gasteiger partial charge in [0.1, 0.15) is 5.75 Å². The molecule has 1 atom stereocenters. The monoisotopic (exact) mass is 423 g/mol. The average Bonchev–Trinajstić information content (AvgIpc) is 3.16. The summed E-state index contributed by atoms with van der Waals surface area (Å²) in [4.78, 5) is 41.2. The van der Waals surface area contributed by atoms with Crippen LogP contribution in [0.1, 0.15) is 36.2 Å². The molecule has 164 valence electrons. The van der Waals surface area contributed by atoms with E-state index >= 15 is 0 Å². The lowest BCUT2D eigenvalue weighted by atomic mass is 10.1. The molecule has 3 rings (SSSR count). The Labute approximate surface area is 183 Å². The van der Waals surface area contributed by atoms with E-state index in [1.807, 2.05) is 39.0 Å². The molecule has 7 heteroatoms. The number of nitrogens with zero attached hydrogens (tertiary/aromatic N) is 2. The van der Waals surface area contributed by atoms with Gasteiger partial charge in [0, 0.05) is 37.3 Å². The molecule has 1 aliphatic rings. The van der Waals surface area contributed by atoms with Gasteiger partial charge in [-0.05, 0) is 62.7 Å². The van der Waals surface area contributed by atoms with Gasteiger partial charge in [-0.1, -0.05) is 6.07 Å². The summed E-state index contributed by atoms with van der Waals surface area (Å²) >= 11 is 0. The molecule has 7 nitrogen and oxygen atoms in total. The number of methoxy groups -OCH3 is 1. The van der Waals surface area contributed by atoms with Crippen LogP contribution in [0.2, 0.25) is 0 Å². The molecule has 0 unspecified atom stereocenters. The third-order valence-electron chi connectivity index (χ3n) is 5.57. The highest BCUT2D eigenvalue weighted by Crippen LogP contribution is 2.34. The summed E-state index contributed by atoms with van der Waals surface area (Å²) in [6.45, 7) is 7.41. The Morgan fingerprint density at radius 2 is 1.81 bits per heavy atom. The van der Waals surface area contributed by atoms with E-state index in [4.69, 9.17) is 4.74 Å². The summed E-state index contributed by atoms with van der Waals surface area (Å²) in [5.74, 6) is -0.218. The fraction of sp³-hybridized carbons (Fsp3) is 0.375. The van der Waals surface area contributed by atoms with E-state index in [-0.39, 0.29) is 24.1 Å². The van der Waals surface area contributed by atoms with Crippen molar-refractivity contribution in [3.8, 4) is 5.75 Å². The third-order valence-corrected chi connectivity index (χ3v) is 5.57. The van der Waals surface area contributed by atoms with Gasteiger partial charge >= 0.3 is 0 Å². The van der Waals surface area contributed by atoms with Crippen LogP contribution in [0.15, 0.2) is 42.5 Å². The Kier molecular flexibility index (Phi) is 6.95. The summed E-state index contributed by atoms with van der Waals surface area (Å²) in [7, 11) is 1.56. The van der Waals surface area contributed by atoms with Gasteiger partial charge in [-0.25, -0.2) is 0 Å². The summed E-state index contributed by atoms with van der Waals surface area (Å²) in [5.41, 5.74) is 2.87. The quantitative estimate of drug-likeness (QED) is 0.740. The first-order valence-corrected chi connectivity index (χ1v) is 10.5. The van der Waals surface area contributed by atoms with E-state index < -0.39 is 5.92 Å². The van der Waals surface area contributed by atoms with Crippen molar-refractivity contribution >= 4 is 29.1 Å². The Bertz CT molecular complexity index is 967. The molecule has 2 aromatic carbocycles. The molecule has 0 spiro atoms. The molecule has 1 fully saturated rings. The lowest BCUT2D eigenvalue weighted by Gasteiger charge is -2.20. The highest BCUT2D eigenvalue weighted by atomic mass is 16.5. The van der Waals surface area contributed by atoms with E-state index in [9.17, 15) is 14.4 Å². The summed E-state index contributed by atoms with van der Waals surface area (Å²) < 4.78 is 5.39. The predicted molar refractivity (Wildman–Crippen MR) is 121 cm³/mol. The van der Waals surface area contributed by atoms with Crippen LogP contribution in [0.5, 0.6) is 5.75 Å². The molecule has 1 saturated heterocycles. The molecular weight excluding hydrogens is 394 g/mol. The number of nitrogens with one attached hydrogen (secondary N) is 1. The highest BCUT2D eigenvalue weighted by molar-refractivity contribution is 6.04. The zero-order chi connectivity index (χ0) is 22.5. The second-order valence-corrected chi connectivity index (χ2v) is 7.62. The molecule has 31 heavy (non-hydrogen) atoms. The Morgan fingerprint density at radius 1 is 1.13 bits per heavy atom. The van der Waals surface area contributed by atoms with E-state index in [0.717, 1.165) is 5.56 Å². The molecule has 1 heterocycles. The molecule has 0 aliphatic carbocycles. The molecule has 2 aromatic rings. The van der Waals surface area contributed by atoms with E-state index in [1.165, 1.54) is 0 Å². The summed E-state index contributed by atoms with van der Waals surface area (Å²) in [6.07, 6.45) is 0.140. The van der Waals surface area contributed by atoms with Gasteiger partial charge in [-0.2, -0.15) is 0 Å². The highest BCUT2D eigenvalue weighted by Gasteiger charge is 2.36. The average molecular weight is 424 g/mol. The fourth-order valence-corrected chi connectivity index (χ4v) is 3.76. The Morgan fingerprint density at radius 3 is 2.42 bits per heavy atom. The number of anilines is 2. The number of carbonyl (C=O) groups excluding carboxylic acids is 3. The van der Waals surface area contributed by atoms with Crippen LogP contribution in [-0.4, -0.2) is 49.4 Å².